The van der Waals surface area contributed by atoms with Gasteiger partial charge in [-0.2, -0.15) is 0 Å². The highest BCUT2D eigenvalue weighted by molar-refractivity contribution is 5.36. The molecule has 14 heavy (non-hydrogen) atoms. The molecule has 1 rings (SSSR count). The van der Waals surface area contributed by atoms with E-state index < -0.39 is 0 Å². The first kappa shape index (κ1) is 11.2. The summed E-state index contributed by atoms with van der Waals surface area (Å²) in [7, 11) is 0. The van der Waals surface area contributed by atoms with E-state index in [9.17, 15) is 5.11 Å². The molecule has 1 aromatic rings. The Balaban J connectivity index is 3.28. The van der Waals surface area contributed by atoms with Crippen molar-refractivity contribution in [1.82, 2.24) is 4.98 Å². The third kappa shape index (κ3) is 2.13. The molecule has 2 nitrogen and oxygen atoms in total. The van der Waals surface area contributed by atoms with Crippen LogP contribution in [0.5, 0.6) is 0 Å². The Labute approximate surface area is 86.0 Å². The zero-order valence-electron chi connectivity index (χ0n) is 9.41. The topological polar surface area (TPSA) is 33.1 Å². The number of hydrogen-bond acceptors (Lipinski definition) is 2. The van der Waals surface area contributed by atoms with Crippen molar-refractivity contribution < 1.29 is 5.11 Å². The summed E-state index contributed by atoms with van der Waals surface area (Å²) in [5.41, 5.74) is 3.48. The molecule has 1 heterocycles. The van der Waals surface area contributed by atoms with Crippen LogP contribution >= 0.6 is 0 Å². The molecule has 1 N–H and O–H groups in total. The molecular formula is C12H19NO. The SMILES string of the molecule is CC(C)c1cncc(CO)c1C(C)C. The van der Waals surface area contributed by atoms with Crippen molar-refractivity contribution in [1.29, 1.82) is 0 Å². The highest BCUT2D eigenvalue weighted by Gasteiger charge is 2.13. The fourth-order valence-electron chi connectivity index (χ4n) is 1.82. The lowest BCUT2D eigenvalue weighted by atomic mass is 9.89. The van der Waals surface area contributed by atoms with Gasteiger partial charge in [0.1, 0.15) is 0 Å². The largest absolute Gasteiger partial charge is 0.392 e. The molecule has 0 spiro atoms. The second-order valence-electron chi connectivity index (χ2n) is 4.27. The Morgan fingerprint density at radius 2 is 1.79 bits per heavy atom. The number of rotatable bonds is 3. The van der Waals surface area contributed by atoms with Gasteiger partial charge in [0.05, 0.1) is 6.61 Å². The van der Waals surface area contributed by atoms with Gasteiger partial charge >= 0.3 is 0 Å². The smallest absolute Gasteiger partial charge is 0.0699 e. The minimum Gasteiger partial charge on any atom is -0.392 e. The predicted octanol–water partition coefficient (Wildman–Crippen LogP) is 2.82. The number of pyridine rings is 1. The van der Waals surface area contributed by atoms with Crippen LogP contribution in [0, 0.1) is 0 Å². The average Bonchev–Trinajstić information content (AvgIpc) is 2.16. The van der Waals surface area contributed by atoms with Gasteiger partial charge in [0.2, 0.25) is 0 Å². The number of aromatic nitrogens is 1. The van der Waals surface area contributed by atoms with Crippen LogP contribution in [0.4, 0.5) is 0 Å². The predicted molar refractivity (Wildman–Crippen MR) is 58.3 cm³/mol. The van der Waals surface area contributed by atoms with E-state index in [2.05, 4.69) is 32.7 Å². The van der Waals surface area contributed by atoms with Crippen LogP contribution in [0.1, 0.15) is 56.2 Å². The molecule has 0 fully saturated rings. The summed E-state index contributed by atoms with van der Waals surface area (Å²) in [6.07, 6.45) is 3.68. The van der Waals surface area contributed by atoms with Crippen molar-refractivity contribution in [2.24, 2.45) is 0 Å². The van der Waals surface area contributed by atoms with Gasteiger partial charge < -0.3 is 5.11 Å². The van der Waals surface area contributed by atoms with Crippen molar-refractivity contribution in [3.63, 3.8) is 0 Å². The van der Waals surface area contributed by atoms with Crippen LogP contribution in [-0.4, -0.2) is 10.1 Å². The van der Waals surface area contributed by atoms with Gasteiger partial charge in [-0.25, -0.2) is 0 Å². The first-order valence-electron chi connectivity index (χ1n) is 5.15. The molecule has 0 aliphatic rings. The maximum atomic E-state index is 9.23. The zero-order chi connectivity index (χ0) is 10.7. The summed E-state index contributed by atoms with van der Waals surface area (Å²) in [6.45, 7) is 8.70. The van der Waals surface area contributed by atoms with Gasteiger partial charge in [-0.3, -0.25) is 4.98 Å². The Morgan fingerprint density at radius 3 is 2.21 bits per heavy atom. The molecule has 78 valence electrons. The summed E-state index contributed by atoms with van der Waals surface area (Å²) >= 11 is 0. The van der Waals surface area contributed by atoms with Crippen molar-refractivity contribution in [3.05, 3.63) is 29.1 Å². The second-order valence-corrected chi connectivity index (χ2v) is 4.27. The van der Waals surface area contributed by atoms with E-state index in [1.165, 1.54) is 11.1 Å². The van der Waals surface area contributed by atoms with Crippen molar-refractivity contribution in [2.45, 2.75) is 46.1 Å². The Bertz CT molecular complexity index is 305. The Morgan fingerprint density at radius 1 is 1.14 bits per heavy atom. The Hall–Kier alpha value is -0.890. The first-order valence-corrected chi connectivity index (χ1v) is 5.15. The minimum atomic E-state index is 0.0844. The maximum Gasteiger partial charge on any atom is 0.0699 e. The quantitative estimate of drug-likeness (QED) is 0.800. The fourth-order valence-corrected chi connectivity index (χ4v) is 1.82. The molecule has 0 unspecified atom stereocenters. The van der Waals surface area contributed by atoms with Crippen LogP contribution in [0.25, 0.3) is 0 Å². The summed E-state index contributed by atoms with van der Waals surface area (Å²) < 4.78 is 0. The molecule has 0 aromatic carbocycles. The molecular weight excluding hydrogens is 174 g/mol. The zero-order valence-corrected chi connectivity index (χ0v) is 9.41. The van der Waals surface area contributed by atoms with Crippen LogP contribution in [-0.2, 0) is 6.61 Å². The Kier molecular flexibility index (Phi) is 3.64. The molecule has 2 heteroatoms. The standard InChI is InChI=1S/C12H19NO/c1-8(2)11-6-13-5-10(7-14)12(11)9(3)4/h5-6,8-9,14H,7H2,1-4H3. The van der Waals surface area contributed by atoms with E-state index in [4.69, 9.17) is 0 Å². The van der Waals surface area contributed by atoms with Crippen LogP contribution < -0.4 is 0 Å². The average molecular weight is 193 g/mol. The molecule has 0 aliphatic heterocycles. The summed E-state index contributed by atoms with van der Waals surface area (Å²) in [6, 6.07) is 0. The summed E-state index contributed by atoms with van der Waals surface area (Å²) in [4.78, 5) is 4.16. The van der Waals surface area contributed by atoms with E-state index in [1.807, 2.05) is 6.20 Å². The van der Waals surface area contributed by atoms with Gasteiger partial charge in [-0.15, -0.1) is 0 Å². The molecule has 0 radical (unpaired) electrons. The number of aliphatic hydroxyl groups is 1. The molecule has 0 saturated heterocycles. The number of aliphatic hydroxyl groups excluding tert-OH is 1. The van der Waals surface area contributed by atoms with E-state index >= 15 is 0 Å². The van der Waals surface area contributed by atoms with Crippen LogP contribution in [0.2, 0.25) is 0 Å². The third-order valence-electron chi connectivity index (χ3n) is 2.47. The van der Waals surface area contributed by atoms with E-state index in [0.717, 1.165) is 5.56 Å². The van der Waals surface area contributed by atoms with E-state index in [-0.39, 0.29) is 6.61 Å². The fraction of sp³-hybridized carbons (Fsp3) is 0.583. The maximum absolute atomic E-state index is 9.23. The van der Waals surface area contributed by atoms with E-state index in [0.29, 0.717) is 11.8 Å². The molecule has 0 amide bonds. The molecule has 1 aromatic heterocycles. The lowest BCUT2D eigenvalue weighted by Gasteiger charge is -2.18. The number of nitrogens with zero attached hydrogens (tertiary/aromatic N) is 1. The monoisotopic (exact) mass is 193 g/mol. The van der Waals surface area contributed by atoms with Gasteiger partial charge in [0, 0.05) is 12.4 Å². The van der Waals surface area contributed by atoms with Gasteiger partial charge in [0.15, 0.2) is 0 Å². The summed E-state index contributed by atoms with van der Waals surface area (Å²) in [5, 5.41) is 9.23. The molecule has 0 saturated carbocycles. The minimum absolute atomic E-state index is 0.0844. The van der Waals surface area contributed by atoms with E-state index in [1.54, 1.807) is 6.20 Å². The van der Waals surface area contributed by atoms with Gasteiger partial charge in [-0.1, -0.05) is 27.7 Å². The first-order chi connectivity index (χ1) is 6.57. The number of hydrogen-bond donors (Lipinski definition) is 1. The summed E-state index contributed by atoms with van der Waals surface area (Å²) in [5.74, 6) is 0.906. The third-order valence-corrected chi connectivity index (χ3v) is 2.47. The normalized spacial score (nSPS) is 11.4. The second kappa shape index (κ2) is 4.56. The highest BCUT2D eigenvalue weighted by atomic mass is 16.3. The van der Waals surface area contributed by atoms with Crippen LogP contribution in [0.3, 0.4) is 0 Å². The molecule has 0 aliphatic carbocycles. The van der Waals surface area contributed by atoms with Crippen LogP contribution in [0.15, 0.2) is 12.4 Å². The molecule has 0 atom stereocenters. The van der Waals surface area contributed by atoms with Crippen molar-refractivity contribution in [2.75, 3.05) is 0 Å². The van der Waals surface area contributed by atoms with Gasteiger partial charge in [-0.05, 0) is 28.5 Å². The highest BCUT2D eigenvalue weighted by Crippen LogP contribution is 2.28. The van der Waals surface area contributed by atoms with Gasteiger partial charge in [0.25, 0.3) is 0 Å². The van der Waals surface area contributed by atoms with Crippen molar-refractivity contribution >= 4 is 0 Å². The molecule has 0 bridgehead atoms. The lowest BCUT2D eigenvalue weighted by molar-refractivity contribution is 0.279. The lowest BCUT2D eigenvalue weighted by Crippen LogP contribution is -2.04. The van der Waals surface area contributed by atoms with Crippen molar-refractivity contribution in [3.8, 4) is 0 Å².